The maximum absolute atomic E-state index is 11.1. The first-order valence-electron chi connectivity index (χ1n) is 5.59. The average molecular weight is 278 g/mol. The second-order valence-electron chi connectivity index (χ2n) is 4.02. The molecule has 0 fully saturated rings. The summed E-state index contributed by atoms with van der Waals surface area (Å²) in [6.45, 7) is 0.457. The van der Waals surface area contributed by atoms with Crippen LogP contribution in [0.3, 0.4) is 0 Å². The maximum Gasteiger partial charge on any atom is 0.339 e. The van der Waals surface area contributed by atoms with Crippen LogP contribution >= 0.6 is 11.6 Å². The third-order valence-electron chi connectivity index (χ3n) is 2.66. The van der Waals surface area contributed by atoms with E-state index in [-0.39, 0.29) is 5.56 Å². The summed E-state index contributed by atoms with van der Waals surface area (Å²) >= 11 is 6.08. The minimum Gasteiger partial charge on any atom is -0.478 e. The van der Waals surface area contributed by atoms with Crippen molar-refractivity contribution in [1.29, 1.82) is 0 Å². The van der Waals surface area contributed by atoms with Crippen LogP contribution in [0.4, 0.5) is 5.82 Å². The second kappa shape index (κ2) is 5.67. The van der Waals surface area contributed by atoms with Gasteiger partial charge in [0.1, 0.15) is 5.56 Å². The summed E-state index contributed by atoms with van der Waals surface area (Å²) in [6, 6.07) is 8.82. The van der Waals surface area contributed by atoms with E-state index in [1.807, 2.05) is 18.2 Å². The lowest BCUT2D eigenvalue weighted by Gasteiger charge is -2.19. The fraction of sp³-hybridized carbons (Fsp3) is 0.154. The summed E-state index contributed by atoms with van der Waals surface area (Å²) in [7, 11) is 1.75. The Balaban J connectivity index is 2.28. The lowest BCUT2D eigenvalue weighted by Crippen LogP contribution is -2.21. The predicted octanol–water partition coefficient (Wildman–Crippen LogP) is 2.46. The number of anilines is 1. The monoisotopic (exact) mass is 277 g/mol. The van der Waals surface area contributed by atoms with E-state index in [1.165, 1.54) is 12.3 Å². The molecule has 0 atom stereocenters. The van der Waals surface area contributed by atoms with Gasteiger partial charge in [0, 0.05) is 18.6 Å². The van der Waals surface area contributed by atoms with E-state index < -0.39 is 5.97 Å². The number of aromatic nitrogens is 2. The quantitative estimate of drug-likeness (QED) is 0.930. The van der Waals surface area contributed by atoms with Crippen molar-refractivity contribution in [3.63, 3.8) is 0 Å². The fourth-order valence-corrected chi connectivity index (χ4v) is 1.93. The zero-order valence-corrected chi connectivity index (χ0v) is 11.0. The number of hydrogen-bond donors (Lipinski definition) is 1. The molecule has 0 radical (unpaired) electrons. The van der Waals surface area contributed by atoms with E-state index in [1.54, 1.807) is 18.0 Å². The van der Waals surface area contributed by atoms with Gasteiger partial charge in [-0.1, -0.05) is 29.8 Å². The Morgan fingerprint density at radius 2 is 2.11 bits per heavy atom. The topological polar surface area (TPSA) is 66.3 Å². The van der Waals surface area contributed by atoms with Crippen molar-refractivity contribution >= 4 is 23.4 Å². The largest absolute Gasteiger partial charge is 0.478 e. The van der Waals surface area contributed by atoms with Crippen LogP contribution in [0.25, 0.3) is 0 Å². The van der Waals surface area contributed by atoms with Gasteiger partial charge in [0.2, 0.25) is 0 Å². The summed E-state index contributed by atoms with van der Waals surface area (Å²) in [5.41, 5.74) is 1.01. The van der Waals surface area contributed by atoms with Gasteiger partial charge in [0.05, 0.1) is 6.20 Å². The number of nitrogens with zero attached hydrogens (tertiary/aromatic N) is 3. The number of hydrogen-bond acceptors (Lipinski definition) is 4. The molecule has 19 heavy (non-hydrogen) atoms. The molecule has 0 aliphatic carbocycles. The number of rotatable bonds is 4. The summed E-state index contributed by atoms with van der Waals surface area (Å²) in [6.07, 6.45) is 1.36. The molecule has 2 aromatic rings. The summed E-state index contributed by atoms with van der Waals surface area (Å²) < 4.78 is 0. The minimum absolute atomic E-state index is 0.115. The van der Waals surface area contributed by atoms with Crippen molar-refractivity contribution in [2.45, 2.75) is 6.54 Å². The van der Waals surface area contributed by atoms with Gasteiger partial charge in [-0.2, -0.15) is 5.10 Å². The molecule has 0 spiro atoms. The highest BCUT2D eigenvalue weighted by Gasteiger charge is 2.16. The van der Waals surface area contributed by atoms with Crippen LogP contribution in [0, 0.1) is 0 Å². The molecule has 6 heteroatoms. The van der Waals surface area contributed by atoms with Crippen molar-refractivity contribution in [1.82, 2.24) is 10.2 Å². The van der Waals surface area contributed by atoms with E-state index in [4.69, 9.17) is 16.7 Å². The Morgan fingerprint density at radius 3 is 2.79 bits per heavy atom. The molecule has 1 aromatic carbocycles. The molecule has 0 amide bonds. The van der Waals surface area contributed by atoms with Crippen LogP contribution in [-0.2, 0) is 6.54 Å². The van der Waals surface area contributed by atoms with Gasteiger partial charge in [-0.25, -0.2) is 4.79 Å². The van der Waals surface area contributed by atoms with Crippen molar-refractivity contribution in [2.24, 2.45) is 0 Å². The zero-order chi connectivity index (χ0) is 13.8. The summed E-state index contributed by atoms with van der Waals surface area (Å²) in [5.74, 6) is -0.717. The molecular weight excluding hydrogens is 266 g/mol. The molecule has 0 saturated carbocycles. The van der Waals surface area contributed by atoms with Crippen molar-refractivity contribution < 1.29 is 9.90 Å². The van der Waals surface area contributed by atoms with Crippen LogP contribution in [-0.4, -0.2) is 28.3 Å². The maximum atomic E-state index is 11.1. The summed E-state index contributed by atoms with van der Waals surface area (Å²) in [4.78, 5) is 12.8. The number of carbonyl (C=O) groups is 1. The molecule has 1 heterocycles. The Kier molecular flexibility index (Phi) is 3.97. The fourth-order valence-electron chi connectivity index (χ4n) is 1.73. The first-order valence-corrected chi connectivity index (χ1v) is 5.97. The first-order chi connectivity index (χ1) is 9.09. The van der Waals surface area contributed by atoms with Crippen LogP contribution in [0.5, 0.6) is 0 Å². The van der Waals surface area contributed by atoms with Crippen molar-refractivity contribution in [2.75, 3.05) is 11.9 Å². The van der Waals surface area contributed by atoms with E-state index >= 15 is 0 Å². The predicted molar refractivity (Wildman–Crippen MR) is 72.6 cm³/mol. The molecular formula is C13H12ClN3O2. The van der Waals surface area contributed by atoms with Gasteiger partial charge in [0.25, 0.3) is 0 Å². The number of benzene rings is 1. The van der Waals surface area contributed by atoms with E-state index in [0.29, 0.717) is 17.4 Å². The smallest absolute Gasteiger partial charge is 0.339 e. The van der Waals surface area contributed by atoms with Crippen LogP contribution in [0.15, 0.2) is 36.5 Å². The molecule has 1 N–H and O–H groups in total. The molecule has 0 aliphatic heterocycles. The SMILES string of the molecule is CN(Cc1ccccc1Cl)c1nnccc1C(=O)O. The first kappa shape index (κ1) is 13.3. The van der Waals surface area contributed by atoms with E-state index in [2.05, 4.69) is 10.2 Å². The van der Waals surface area contributed by atoms with Crippen molar-refractivity contribution in [3.05, 3.63) is 52.7 Å². The van der Waals surface area contributed by atoms with Crippen LogP contribution in [0.1, 0.15) is 15.9 Å². The normalized spacial score (nSPS) is 10.2. The molecule has 98 valence electrons. The highest BCUT2D eigenvalue weighted by atomic mass is 35.5. The lowest BCUT2D eigenvalue weighted by molar-refractivity contribution is 0.0697. The third-order valence-corrected chi connectivity index (χ3v) is 3.03. The summed E-state index contributed by atoms with van der Waals surface area (Å²) in [5, 5.41) is 17.4. The zero-order valence-electron chi connectivity index (χ0n) is 10.2. The Bertz CT molecular complexity index is 604. The number of aromatic carboxylic acids is 1. The Hall–Kier alpha value is -2.14. The van der Waals surface area contributed by atoms with Gasteiger partial charge >= 0.3 is 5.97 Å². The molecule has 5 nitrogen and oxygen atoms in total. The minimum atomic E-state index is -1.03. The molecule has 0 saturated heterocycles. The van der Waals surface area contributed by atoms with Gasteiger partial charge in [-0.3, -0.25) is 0 Å². The Morgan fingerprint density at radius 1 is 1.37 bits per heavy atom. The highest BCUT2D eigenvalue weighted by molar-refractivity contribution is 6.31. The molecule has 0 bridgehead atoms. The molecule has 0 unspecified atom stereocenters. The molecule has 2 rings (SSSR count). The van der Waals surface area contributed by atoms with Gasteiger partial charge in [0.15, 0.2) is 5.82 Å². The van der Waals surface area contributed by atoms with Gasteiger partial charge < -0.3 is 10.0 Å². The van der Waals surface area contributed by atoms with Crippen LogP contribution < -0.4 is 4.90 Å². The standard InChI is InChI=1S/C13H12ClN3O2/c1-17(8-9-4-2-3-5-11(9)14)12-10(13(18)19)6-7-15-16-12/h2-7H,8H2,1H3,(H,18,19). The van der Waals surface area contributed by atoms with E-state index in [0.717, 1.165) is 5.56 Å². The number of halogens is 1. The van der Waals surface area contributed by atoms with Gasteiger partial charge in [-0.15, -0.1) is 5.10 Å². The molecule has 0 aliphatic rings. The van der Waals surface area contributed by atoms with Gasteiger partial charge in [-0.05, 0) is 17.7 Å². The lowest BCUT2D eigenvalue weighted by atomic mass is 10.2. The average Bonchev–Trinajstić information content (AvgIpc) is 2.41. The third kappa shape index (κ3) is 3.00. The van der Waals surface area contributed by atoms with Crippen molar-refractivity contribution in [3.8, 4) is 0 Å². The van der Waals surface area contributed by atoms with E-state index in [9.17, 15) is 4.79 Å². The number of carboxylic acid groups (broad SMARTS) is 1. The number of carboxylic acids is 1. The Labute approximate surface area is 115 Å². The van der Waals surface area contributed by atoms with Crippen LogP contribution in [0.2, 0.25) is 5.02 Å². The highest BCUT2D eigenvalue weighted by Crippen LogP contribution is 2.21. The second-order valence-corrected chi connectivity index (χ2v) is 4.43. The molecule has 1 aromatic heterocycles.